The average molecular weight is 351 g/mol. The van der Waals surface area contributed by atoms with E-state index in [1.165, 1.54) is 0 Å². The Balaban J connectivity index is 1.59. The molecule has 6 nitrogen and oxygen atoms in total. The highest BCUT2D eigenvalue weighted by Gasteiger charge is 2.29. The average Bonchev–Trinajstić information content (AvgIpc) is 2.54. The monoisotopic (exact) mass is 351 g/mol. The van der Waals surface area contributed by atoms with Crippen molar-refractivity contribution in [3.8, 4) is 0 Å². The Labute approximate surface area is 147 Å². The highest BCUT2D eigenvalue weighted by atomic mass is 19.1. The number of ether oxygens (including phenoxy) is 1. The van der Waals surface area contributed by atoms with Crippen LogP contribution in [0.4, 0.5) is 15.8 Å². The maximum Gasteiger partial charge on any atom is 0.327 e. The minimum Gasteiger partial charge on any atom is -0.373 e. The molecule has 138 valence electrons. The molecule has 2 unspecified atom stereocenters. The summed E-state index contributed by atoms with van der Waals surface area (Å²) in [7, 11) is 0. The fraction of sp³-hybridized carbons (Fsp3) is 0.667. The Kier molecular flexibility index (Phi) is 5.54. The number of hydrogen-bond donors (Lipinski definition) is 0. The largest absolute Gasteiger partial charge is 0.373 e. The van der Waals surface area contributed by atoms with Crippen LogP contribution in [-0.4, -0.2) is 54.8 Å². The van der Waals surface area contributed by atoms with Gasteiger partial charge in [0.15, 0.2) is 0 Å². The lowest BCUT2D eigenvalue weighted by Crippen LogP contribution is -2.48. The van der Waals surface area contributed by atoms with Crippen molar-refractivity contribution in [2.24, 2.45) is 5.92 Å². The van der Waals surface area contributed by atoms with E-state index >= 15 is 0 Å². The molecule has 0 amide bonds. The van der Waals surface area contributed by atoms with Gasteiger partial charge in [-0.3, -0.25) is 15.0 Å². The summed E-state index contributed by atoms with van der Waals surface area (Å²) in [5.41, 5.74) is -0.00570. The van der Waals surface area contributed by atoms with Crippen LogP contribution in [0, 0.1) is 21.8 Å². The maximum absolute atomic E-state index is 13.8. The minimum atomic E-state index is -0.763. The number of nitro groups is 1. The first-order valence-electron chi connectivity index (χ1n) is 8.99. The van der Waals surface area contributed by atoms with Gasteiger partial charge in [0.1, 0.15) is 5.69 Å². The molecule has 2 heterocycles. The number of para-hydroxylation sites is 1. The van der Waals surface area contributed by atoms with Crippen LogP contribution >= 0.6 is 0 Å². The molecule has 0 N–H and O–H groups in total. The third-order valence-corrected chi connectivity index (χ3v) is 5.11. The molecule has 0 bridgehead atoms. The molecule has 2 fully saturated rings. The van der Waals surface area contributed by atoms with Crippen LogP contribution in [-0.2, 0) is 4.74 Å². The first kappa shape index (κ1) is 18.1. The zero-order chi connectivity index (χ0) is 18.0. The zero-order valence-electron chi connectivity index (χ0n) is 14.9. The predicted molar refractivity (Wildman–Crippen MR) is 94.4 cm³/mol. The summed E-state index contributed by atoms with van der Waals surface area (Å²) in [5.74, 6) is -0.192. The van der Waals surface area contributed by atoms with Crippen molar-refractivity contribution in [1.29, 1.82) is 0 Å². The summed E-state index contributed by atoms with van der Waals surface area (Å²) >= 11 is 0. The molecule has 2 atom stereocenters. The van der Waals surface area contributed by atoms with Crippen LogP contribution in [0.1, 0.15) is 26.7 Å². The highest BCUT2D eigenvalue weighted by molar-refractivity contribution is 5.64. The third-order valence-electron chi connectivity index (χ3n) is 5.11. The topological polar surface area (TPSA) is 58.9 Å². The van der Waals surface area contributed by atoms with Crippen molar-refractivity contribution in [3.63, 3.8) is 0 Å². The Morgan fingerprint density at radius 1 is 1.24 bits per heavy atom. The van der Waals surface area contributed by atoms with Crippen molar-refractivity contribution in [2.45, 2.75) is 38.9 Å². The van der Waals surface area contributed by atoms with Crippen molar-refractivity contribution >= 4 is 11.4 Å². The van der Waals surface area contributed by atoms with Gasteiger partial charge < -0.3 is 9.64 Å². The summed E-state index contributed by atoms with van der Waals surface area (Å²) in [5, 5.41) is 11.2. The zero-order valence-corrected chi connectivity index (χ0v) is 14.9. The fourth-order valence-corrected chi connectivity index (χ4v) is 4.09. The van der Waals surface area contributed by atoms with Gasteiger partial charge in [0.2, 0.25) is 5.82 Å². The van der Waals surface area contributed by atoms with Crippen LogP contribution in [0.5, 0.6) is 0 Å². The lowest BCUT2D eigenvalue weighted by atomic mass is 9.95. The second kappa shape index (κ2) is 7.66. The summed E-state index contributed by atoms with van der Waals surface area (Å²) in [6.07, 6.45) is 2.46. The molecule has 0 saturated carbocycles. The van der Waals surface area contributed by atoms with E-state index in [1.54, 1.807) is 12.1 Å². The lowest BCUT2D eigenvalue weighted by molar-refractivity contribution is -0.386. The number of nitrogens with zero attached hydrogens (tertiary/aromatic N) is 3. The Morgan fingerprint density at radius 2 is 1.88 bits per heavy atom. The minimum absolute atomic E-state index is 0.263. The van der Waals surface area contributed by atoms with Gasteiger partial charge in [0, 0.05) is 32.7 Å². The number of hydrogen-bond acceptors (Lipinski definition) is 5. The van der Waals surface area contributed by atoms with E-state index in [0.29, 0.717) is 11.6 Å². The molecule has 3 rings (SSSR count). The van der Waals surface area contributed by atoms with E-state index in [2.05, 4.69) is 18.7 Å². The number of nitro benzene ring substituents is 1. The molecule has 2 saturated heterocycles. The molecule has 1 aromatic carbocycles. The van der Waals surface area contributed by atoms with E-state index in [9.17, 15) is 14.5 Å². The predicted octanol–water partition coefficient (Wildman–Crippen LogP) is 3.06. The van der Waals surface area contributed by atoms with Crippen LogP contribution in [0.2, 0.25) is 0 Å². The highest BCUT2D eigenvalue weighted by Crippen LogP contribution is 2.33. The first-order valence-corrected chi connectivity index (χ1v) is 8.99. The van der Waals surface area contributed by atoms with Crippen molar-refractivity contribution in [1.82, 2.24) is 4.90 Å². The molecule has 0 spiro atoms. The number of anilines is 1. The molecule has 2 aliphatic heterocycles. The maximum atomic E-state index is 13.8. The van der Waals surface area contributed by atoms with Crippen LogP contribution in [0.25, 0.3) is 0 Å². The fourth-order valence-electron chi connectivity index (χ4n) is 4.09. The van der Waals surface area contributed by atoms with Crippen molar-refractivity contribution in [3.05, 3.63) is 34.1 Å². The second-order valence-corrected chi connectivity index (χ2v) is 7.27. The quantitative estimate of drug-likeness (QED) is 0.616. The molecular weight excluding hydrogens is 325 g/mol. The second-order valence-electron chi connectivity index (χ2n) is 7.27. The van der Waals surface area contributed by atoms with Gasteiger partial charge in [-0.15, -0.1) is 0 Å². The van der Waals surface area contributed by atoms with E-state index in [-0.39, 0.29) is 12.2 Å². The van der Waals surface area contributed by atoms with Crippen molar-refractivity contribution in [2.75, 3.05) is 37.6 Å². The molecule has 0 aliphatic carbocycles. The van der Waals surface area contributed by atoms with Gasteiger partial charge in [-0.25, -0.2) is 0 Å². The normalized spacial score (nSPS) is 26.0. The molecule has 0 radical (unpaired) electrons. The Morgan fingerprint density at radius 3 is 2.48 bits per heavy atom. The number of benzene rings is 1. The van der Waals surface area contributed by atoms with E-state index in [0.717, 1.165) is 51.6 Å². The third kappa shape index (κ3) is 4.27. The first-order chi connectivity index (χ1) is 11.9. The number of halogens is 1. The van der Waals surface area contributed by atoms with Gasteiger partial charge in [0.25, 0.3) is 0 Å². The molecule has 2 aliphatic rings. The smallest absolute Gasteiger partial charge is 0.327 e. The number of morpholine rings is 1. The molecule has 1 aromatic rings. The standard InChI is InChI=1S/C18H26FN3O3/c1-13-10-20(11-14(2)25-13)12-15-6-8-21(9-7-15)17-5-3-4-16(19)18(17)22(23)24/h3-5,13-15H,6-12H2,1-2H3. The SMILES string of the molecule is CC1CN(CC2CCN(c3cccc(F)c3[N+](=O)[O-])CC2)CC(C)O1. The van der Waals surface area contributed by atoms with Gasteiger partial charge >= 0.3 is 5.69 Å². The molecule has 25 heavy (non-hydrogen) atoms. The van der Waals surface area contributed by atoms with Crippen LogP contribution < -0.4 is 4.90 Å². The van der Waals surface area contributed by atoms with Gasteiger partial charge in [-0.2, -0.15) is 4.39 Å². The number of piperidine rings is 1. The summed E-state index contributed by atoms with van der Waals surface area (Å²) in [6, 6.07) is 4.34. The molecule has 7 heteroatoms. The summed E-state index contributed by atoms with van der Waals surface area (Å²) in [6.45, 7) is 8.62. The molecule has 0 aromatic heterocycles. The van der Waals surface area contributed by atoms with E-state index in [1.807, 2.05) is 4.90 Å². The van der Waals surface area contributed by atoms with Crippen LogP contribution in [0.3, 0.4) is 0 Å². The Hall–Kier alpha value is -1.73. The summed E-state index contributed by atoms with van der Waals surface area (Å²) < 4.78 is 19.6. The molecular formula is C18H26FN3O3. The van der Waals surface area contributed by atoms with Crippen molar-refractivity contribution < 1.29 is 14.1 Å². The van der Waals surface area contributed by atoms with E-state index < -0.39 is 16.4 Å². The summed E-state index contributed by atoms with van der Waals surface area (Å²) in [4.78, 5) is 15.0. The Bertz CT molecular complexity index is 610. The van der Waals surface area contributed by atoms with Gasteiger partial charge in [-0.1, -0.05) is 6.07 Å². The van der Waals surface area contributed by atoms with Gasteiger partial charge in [0.05, 0.1) is 17.1 Å². The van der Waals surface area contributed by atoms with Gasteiger partial charge in [-0.05, 0) is 44.7 Å². The number of rotatable bonds is 4. The lowest BCUT2D eigenvalue weighted by Gasteiger charge is -2.39. The van der Waals surface area contributed by atoms with Crippen LogP contribution in [0.15, 0.2) is 18.2 Å². The van der Waals surface area contributed by atoms with E-state index in [4.69, 9.17) is 4.74 Å².